The van der Waals surface area contributed by atoms with Crippen molar-refractivity contribution in [1.29, 1.82) is 0 Å². The lowest BCUT2D eigenvalue weighted by Gasteiger charge is -2.38. The Balaban J connectivity index is 1.82. The predicted octanol–water partition coefficient (Wildman–Crippen LogP) is 3.66. The molecule has 1 N–H and O–H groups in total. The maximum absolute atomic E-state index is 11.4. The van der Waals surface area contributed by atoms with Crippen molar-refractivity contribution >= 4 is 0 Å². The van der Waals surface area contributed by atoms with Crippen molar-refractivity contribution in [2.24, 2.45) is 0 Å². The molecular formula is C24H34N2O3. The number of rotatable bonds is 11. The maximum Gasteiger partial charge on any atom is 0.169 e. The fourth-order valence-electron chi connectivity index (χ4n) is 3.69. The molecule has 0 heterocycles. The number of benzene rings is 2. The Bertz CT molecular complexity index is 760. The van der Waals surface area contributed by atoms with E-state index >= 15 is 0 Å². The molecule has 5 nitrogen and oxygen atoms in total. The summed E-state index contributed by atoms with van der Waals surface area (Å²) in [6.45, 7) is 6.14. The Kier molecular flexibility index (Phi) is 7.81. The summed E-state index contributed by atoms with van der Waals surface area (Å²) in [6.07, 6.45) is 1.14. The average Bonchev–Trinajstić information content (AvgIpc) is 3.57. The zero-order valence-electron chi connectivity index (χ0n) is 18.0. The van der Waals surface area contributed by atoms with Crippen molar-refractivity contribution in [2.75, 3.05) is 20.8 Å². The molecule has 0 amide bonds. The van der Waals surface area contributed by atoms with E-state index < -0.39 is 12.6 Å². The van der Waals surface area contributed by atoms with Crippen molar-refractivity contribution in [3.05, 3.63) is 70.8 Å². The first-order valence-electron chi connectivity index (χ1n) is 10.4. The first kappa shape index (κ1) is 21.9. The molecule has 0 aliphatic heterocycles. The molecular weight excluding hydrogens is 364 g/mol. The zero-order chi connectivity index (χ0) is 20.8. The standard InChI is InChI=1S/C24H34N2O3/c1-18-9-8-12-21(19(18)2)16-26(22-13-14-22)24(27)25(17-23(28-3)29-4)15-20-10-6-5-7-11-20/h5-12,22-24,27H,13-17H2,1-4H3. The first-order valence-corrected chi connectivity index (χ1v) is 10.4. The van der Waals surface area contributed by atoms with Gasteiger partial charge in [0.2, 0.25) is 0 Å². The summed E-state index contributed by atoms with van der Waals surface area (Å²) in [5, 5.41) is 11.4. The number of ether oxygens (including phenoxy) is 2. The topological polar surface area (TPSA) is 45.2 Å². The number of hydrogen-bond acceptors (Lipinski definition) is 5. The minimum Gasteiger partial charge on any atom is -0.365 e. The summed E-state index contributed by atoms with van der Waals surface area (Å²) in [6, 6.07) is 17.0. The van der Waals surface area contributed by atoms with E-state index in [-0.39, 0.29) is 0 Å². The molecule has 1 fully saturated rings. The van der Waals surface area contributed by atoms with E-state index in [2.05, 4.69) is 49.1 Å². The average molecular weight is 399 g/mol. The van der Waals surface area contributed by atoms with Crippen LogP contribution < -0.4 is 0 Å². The van der Waals surface area contributed by atoms with Gasteiger partial charge in [-0.1, -0.05) is 48.5 Å². The van der Waals surface area contributed by atoms with Crippen molar-refractivity contribution in [3.8, 4) is 0 Å². The highest BCUT2D eigenvalue weighted by Crippen LogP contribution is 2.32. The zero-order valence-corrected chi connectivity index (χ0v) is 18.0. The van der Waals surface area contributed by atoms with Gasteiger partial charge >= 0.3 is 0 Å². The third-order valence-electron chi connectivity index (χ3n) is 5.85. The van der Waals surface area contributed by atoms with E-state index in [1.54, 1.807) is 14.2 Å². The lowest BCUT2D eigenvalue weighted by molar-refractivity contribution is -0.175. The van der Waals surface area contributed by atoms with Crippen LogP contribution in [0.1, 0.15) is 35.1 Å². The van der Waals surface area contributed by atoms with Gasteiger partial charge in [-0.3, -0.25) is 9.80 Å². The summed E-state index contributed by atoms with van der Waals surface area (Å²) in [5.74, 6) is 0. The highest BCUT2D eigenvalue weighted by atomic mass is 16.7. The van der Waals surface area contributed by atoms with Crippen LogP contribution in [0.2, 0.25) is 0 Å². The minimum atomic E-state index is -0.713. The van der Waals surface area contributed by atoms with Crippen LogP contribution in [0.15, 0.2) is 48.5 Å². The van der Waals surface area contributed by atoms with E-state index in [1.165, 1.54) is 16.7 Å². The van der Waals surface area contributed by atoms with Gasteiger partial charge in [-0.05, 0) is 48.9 Å². The van der Waals surface area contributed by atoms with Gasteiger partial charge in [0.25, 0.3) is 0 Å². The molecule has 0 saturated heterocycles. The number of aryl methyl sites for hydroxylation is 1. The fraction of sp³-hybridized carbons (Fsp3) is 0.500. The van der Waals surface area contributed by atoms with Crippen LogP contribution >= 0.6 is 0 Å². The largest absolute Gasteiger partial charge is 0.365 e. The van der Waals surface area contributed by atoms with Gasteiger partial charge in [0.15, 0.2) is 12.6 Å². The monoisotopic (exact) mass is 398 g/mol. The van der Waals surface area contributed by atoms with E-state index in [0.717, 1.165) is 24.9 Å². The SMILES string of the molecule is COC(CN(Cc1ccccc1)C(O)N(Cc1cccc(C)c1C)C1CC1)OC. The predicted molar refractivity (Wildman–Crippen MR) is 115 cm³/mol. The normalized spacial score (nSPS) is 15.4. The molecule has 0 spiro atoms. The molecule has 0 aromatic heterocycles. The molecule has 1 saturated carbocycles. The smallest absolute Gasteiger partial charge is 0.169 e. The molecule has 1 atom stereocenters. The Morgan fingerprint density at radius 3 is 2.28 bits per heavy atom. The van der Waals surface area contributed by atoms with Gasteiger partial charge in [0.1, 0.15) is 0 Å². The van der Waals surface area contributed by atoms with Gasteiger partial charge in [0.05, 0.1) is 6.54 Å². The molecule has 158 valence electrons. The van der Waals surface area contributed by atoms with Gasteiger partial charge in [-0.25, -0.2) is 0 Å². The Morgan fingerprint density at radius 1 is 0.966 bits per heavy atom. The summed E-state index contributed by atoms with van der Waals surface area (Å²) < 4.78 is 10.9. The highest BCUT2D eigenvalue weighted by molar-refractivity contribution is 5.33. The lowest BCUT2D eigenvalue weighted by Crippen LogP contribution is -2.51. The quantitative estimate of drug-likeness (QED) is 0.585. The molecule has 1 aliphatic rings. The molecule has 0 bridgehead atoms. The van der Waals surface area contributed by atoms with Crippen molar-refractivity contribution in [3.63, 3.8) is 0 Å². The number of nitrogens with zero attached hydrogens (tertiary/aromatic N) is 2. The van der Waals surface area contributed by atoms with E-state index in [0.29, 0.717) is 19.1 Å². The molecule has 1 unspecified atom stereocenters. The molecule has 29 heavy (non-hydrogen) atoms. The first-order chi connectivity index (χ1) is 14.0. The van der Waals surface area contributed by atoms with Crippen LogP contribution in [0.25, 0.3) is 0 Å². The van der Waals surface area contributed by atoms with Crippen LogP contribution in [0, 0.1) is 13.8 Å². The second-order valence-electron chi connectivity index (χ2n) is 7.92. The maximum atomic E-state index is 11.4. The third-order valence-corrected chi connectivity index (χ3v) is 5.85. The van der Waals surface area contributed by atoms with Crippen LogP contribution in [0.5, 0.6) is 0 Å². The van der Waals surface area contributed by atoms with E-state index in [4.69, 9.17) is 9.47 Å². The lowest BCUT2D eigenvalue weighted by atomic mass is 10.0. The molecule has 0 radical (unpaired) electrons. The van der Waals surface area contributed by atoms with Gasteiger partial charge < -0.3 is 14.6 Å². The van der Waals surface area contributed by atoms with Crippen LogP contribution in [-0.2, 0) is 22.6 Å². The second kappa shape index (κ2) is 10.3. The number of aliphatic hydroxyl groups is 1. The summed E-state index contributed by atoms with van der Waals surface area (Å²) in [7, 11) is 3.27. The third kappa shape index (κ3) is 5.87. The number of methoxy groups -OCH3 is 2. The van der Waals surface area contributed by atoms with Gasteiger partial charge in [-0.15, -0.1) is 0 Å². The van der Waals surface area contributed by atoms with E-state index in [9.17, 15) is 5.11 Å². The van der Waals surface area contributed by atoms with Crippen LogP contribution in [0.3, 0.4) is 0 Å². The molecule has 3 rings (SSSR count). The number of aliphatic hydroxyl groups excluding tert-OH is 1. The fourth-order valence-corrected chi connectivity index (χ4v) is 3.69. The Hall–Kier alpha value is -1.76. The summed E-state index contributed by atoms with van der Waals surface area (Å²) in [4.78, 5) is 4.25. The molecule has 5 heteroatoms. The van der Waals surface area contributed by atoms with Crippen LogP contribution in [-0.4, -0.2) is 54.4 Å². The summed E-state index contributed by atoms with van der Waals surface area (Å²) >= 11 is 0. The van der Waals surface area contributed by atoms with Crippen molar-refractivity contribution in [1.82, 2.24) is 9.80 Å². The molecule has 2 aromatic rings. The highest BCUT2D eigenvalue weighted by Gasteiger charge is 2.36. The Morgan fingerprint density at radius 2 is 1.66 bits per heavy atom. The van der Waals surface area contributed by atoms with Crippen LogP contribution in [0.4, 0.5) is 0 Å². The minimum absolute atomic E-state index is 0.393. The van der Waals surface area contributed by atoms with Crippen molar-refractivity contribution in [2.45, 2.75) is 58.5 Å². The molecule has 2 aromatic carbocycles. The molecule has 1 aliphatic carbocycles. The van der Waals surface area contributed by atoms with E-state index in [1.807, 2.05) is 23.1 Å². The number of hydrogen-bond donors (Lipinski definition) is 1. The second-order valence-corrected chi connectivity index (χ2v) is 7.92. The summed E-state index contributed by atoms with van der Waals surface area (Å²) in [5.41, 5.74) is 5.00. The van der Waals surface area contributed by atoms with Gasteiger partial charge in [0, 0.05) is 33.4 Å². The van der Waals surface area contributed by atoms with Gasteiger partial charge in [-0.2, -0.15) is 0 Å². The Labute approximate surface area is 174 Å². The van der Waals surface area contributed by atoms with Crippen molar-refractivity contribution < 1.29 is 14.6 Å².